The molecule has 2 aromatic rings. The van der Waals surface area contributed by atoms with Gasteiger partial charge < -0.3 is 15.4 Å². The van der Waals surface area contributed by atoms with Crippen molar-refractivity contribution in [2.75, 3.05) is 5.32 Å². The van der Waals surface area contributed by atoms with E-state index in [1.165, 1.54) is 6.92 Å². The van der Waals surface area contributed by atoms with E-state index in [-0.39, 0.29) is 18.2 Å². The molecule has 0 fully saturated rings. The molecule has 0 bridgehead atoms. The maximum absolute atomic E-state index is 12.6. The minimum Gasteiger partial charge on any atom is -0.451 e. The van der Waals surface area contributed by atoms with Crippen molar-refractivity contribution in [1.29, 1.82) is 0 Å². The molecule has 0 aliphatic rings. The van der Waals surface area contributed by atoms with Gasteiger partial charge in [-0.2, -0.15) is 0 Å². The third-order valence-corrected chi connectivity index (χ3v) is 4.43. The summed E-state index contributed by atoms with van der Waals surface area (Å²) in [5.74, 6) is -1.64. The highest BCUT2D eigenvalue weighted by molar-refractivity contribution is 6.30. The summed E-state index contributed by atoms with van der Waals surface area (Å²) < 4.78 is 5.29. The van der Waals surface area contributed by atoms with Crippen LogP contribution in [0.2, 0.25) is 5.02 Å². The number of benzene rings is 2. The van der Waals surface area contributed by atoms with Crippen molar-refractivity contribution in [3.05, 3.63) is 65.2 Å². The average molecular weight is 417 g/mol. The van der Waals surface area contributed by atoms with Crippen LogP contribution >= 0.6 is 11.6 Å². The van der Waals surface area contributed by atoms with Crippen molar-refractivity contribution in [1.82, 2.24) is 5.32 Å². The van der Waals surface area contributed by atoms with Crippen molar-refractivity contribution >= 4 is 35.1 Å². The highest BCUT2D eigenvalue weighted by Crippen LogP contribution is 2.15. The first-order valence-electron chi connectivity index (χ1n) is 9.36. The highest BCUT2D eigenvalue weighted by atomic mass is 35.5. The van der Waals surface area contributed by atoms with E-state index >= 15 is 0 Å². The topological polar surface area (TPSA) is 84.5 Å². The molecule has 2 amide bonds. The van der Waals surface area contributed by atoms with Gasteiger partial charge in [-0.3, -0.25) is 9.59 Å². The molecular weight excluding hydrogens is 392 g/mol. The van der Waals surface area contributed by atoms with Crippen LogP contribution in [0.1, 0.15) is 26.3 Å². The summed E-state index contributed by atoms with van der Waals surface area (Å²) in [5.41, 5.74) is 1.34. The second-order valence-corrected chi connectivity index (χ2v) is 7.47. The largest absolute Gasteiger partial charge is 0.451 e. The summed E-state index contributed by atoms with van der Waals surface area (Å²) >= 11 is 5.90. The molecular formula is C22H25ClN2O4. The Morgan fingerprint density at radius 3 is 2.31 bits per heavy atom. The number of halogens is 1. The van der Waals surface area contributed by atoms with E-state index < -0.39 is 24.0 Å². The Labute approximate surface area is 175 Å². The normalized spacial score (nSPS) is 12.7. The van der Waals surface area contributed by atoms with Gasteiger partial charge in [0.05, 0.1) is 6.42 Å². The Balaban J connectivity index is 1.93. The summed E-state index contributed by atoms with van der Waals surface area (Å²) in [4.78, 5) is 37.2. The second kappa shape index (κ2) is 10.6. The van der Waals surface area contributed by atoms with Gasteiger partial charge in [-0.05, 0) is 36.6 Å². The van der Waals surface area contributed by atoms with E-state index in [9.17, 15) is 14.4 Å². The van der Waals surface area contributed by atoms with Gasteiger partial charge in [0, 0.05) is 10.7 Å². The van der Waals surface area contributed by atoms with Gasteiger partial charge in [-0.1, -0.05) is 61.8 Å². The Bertz CT molecular complexity index is 855. The number of hydrogen-bond acceptors (Lipinski definition) is 4. The van der Waals surface area contributed by atoms with Gasteiger partial charge in [0.25, 0.3) is 5.91 Å². The summed E-state index contributed by atoms with van der Waals surface area (Å²) in [6.07, 6.45) is -0.879. The number of anilines is 1. The molecule has 2 rings (SSSR count). The van der Waals surface area contributed by atoms with E-state index in [2.05, 4.69) is 10.6 Å². The second-order valence-electron chi connectivity index (χ2n) is 7.03. The molecule has 0 spiro atoms. The smallest absolute Gasteiger partial charge is 0.329 e. The maximum Gasteiger partial charge on any atom is 0.329 e. The van der Waals surface area contributed by atoms with E-state index in [1.807, 2.05) is 30.3 Å². The third-order valence-electron chi connectivity index (χ3n) is 4.20. The molecule has 2 aromatic carbocycles. The third kappa shape index (κ3) is 7.23. The quantitative estimate of drug-likeness (QED) is 0.644. The van der Waals surface area contributed by atoms with Crippen molar-refractivity contribution in [2.45, 2.75) is 39.3 Å². The number of hydrogen-bond donors (Lipinski definition) is 2. The lowest BCUT2D eigenvalue weighted by atomic mass is 10.0. The number of amides is 2. The first-order chi connectivity index (χ1) is 13.8. The van der Waals surface area contributed by atoms with Crippen LogP contribution in [0.3, 0.4) is 0 Å². The average Bonchev–Trinajstić information content (AvgIpc) is 2.66. The lowest BCUT2D eigenvalue weighted by Crippen LogP contribution is -2.47. The Morgan fingerprint density at radius 2 is 1.69 bits per heavy atom. The van der Waals surface area contributed by atoms with E-state index in [1.54, 1.807) is 38.1 Å². The summed E-state index contributed by atoms with van der Waals surface area (Å²) in [6, 6.07) is 15.0. The van der Waals surface area contributed by atoms with Crippen LogP contribution < -0.4 is 10.6 Å². The number of rotatable bonds is 8. The predicted octanol–water partition coefficient (Wildman–Crippen LogP) is 3.59. The molecule has 0 aromatic heterocycles. The lowest BCUT2D eigenvalue weighted by molar-refractivity contribution is -0.157. The van der Waals surface area contributed by atoms with Gasteiger partial charge in [-0.15, -0.1) is 0 Å². The molecule has 0 unspecified atom stereocenters. The molecule has 0 aliphatic carbocycles. The van der Waals surface area contributed by atoms with Crippen molar-refractivity contribution < 1.29 is 19.1 Å². The fraction of sp³-hybridized carbons (Fsp3) is 0.318. The molecule has 2 N–H and O–H groups in total. The van der Waals surface area contributed by atoms with Crippen LogP contribution in [0.5, 0.6) is 0 Å². The van der Waals surface area contributed by atoms with Crippen LogP contribution in [-0.2, 0) is 25.5 Å². The molecule has 0 heterocycles. The van der Waals surface area contributed by atoms with Crippen molar-refractivity contribution in [3.63, 3.8) is 0 Å². The Kier molecular flexibility index (Phi) is 8.21. The summed E-state index contributed by atoms with van der Waals surface area (Å²) in [6.45, 7) is 5.07. The fourth-order valence-corrected chi connectivity index (χ4v) is 2.80. The van der Waals surface area contributed by atoms with E-state index in [4.69, 9.17) is 16.3 Å². The predicted molar refractivity (Wildman–Crippen MR) is 113 cm³/mol. The molecule has 0 saturated carbocycles. The van der Waals surface area contributed by atoms with Crippen LogP contribution in [0.15, 0.2) is 54.6 Å². The molecule has 6 nitrogen and oxygen atoms in total. The number of ether oxygens (including phenoxy) is 1. The first-order valence-corrected chi connectivity index (χ1v) is 9.74. The zero-order valence-corrected chi connectivity index (χ0v) is 17.4. The van der Waals surface area contributed by atoms with Gasteiger partial charge in [0.1, 0.15) is 6.04 Å². The molecule has 2 atom stereocenters. The first kappa shape index (κ1) is 22.4. The standard InChI is InChI=1S/C22H25ClN2O4/c1-14(2)20(25-19(26)12-16-8-5-4-6-9-16)22(28)29-15(3)21(27)24-18-11-7-10-17(23)13-18/h4-11,13-15,20H,12H2,1-3H3,(H,24,27)(H,25,26)/t15-,20-/m0/s1. The van der Waals surface area contributed by atoms with Crippen LogP contribution in [0.25, 0.3) is 0 Å². The molecule has 0 radical (unpaired) electrons. The van der Waals surface area contributed by atoms with Gasteiger partial charge in [0.15, 0.2) is 6.10 Å². The zero-order chi connectivity index (χ0) is 21.4. The zero-order valence-electron chi connectivity index (χ0n) is 16.6. The SMILES string of the molecule is CC(C)[C@H](NC(=O)Cc1ccccc1)C(=O)O[C@@H](C)C(=O)Nc1cccc(Cl)c1. The number of esters is 1. The Morgan fingerprint density at radius 1 is 1.00 bits per heavy atom. The van der Waals surface area contributed by atoms with Crippen LogP contribution in [-0.4, -0.2) is 29.9 Å². The Hall–Kier alpha value is -2.86. The fourth-order valence-electron chi connectivity index (χ4n) is 2.61. The van der Waals surface area contributed by atoms with Crippen molar-refractivity contribution in [3.8, 4) is 0 Å². The monoisotopic (exact) mass is 416 g/mol. The summed E-state index contributed by atoms with van der Waals surface area (Å²) in [5, 5.41) is 5.83. The van der Waals surface area contributed by atoms with Crippen LogP contribution in [0, 0.1) is 5.92 Å². The van der Waals surface area contributed by atoms with E-state index in [0.717, 1.165) is 5.56 Å². The minimum absolute atomic E-state index is 0.155. The molecule has 29 heavy (non-hydrogen) atoms. The lowest BCUT2D eigenvalue weighted by Gasteiger charge is -2.23. The van der Waals surface area contributed by atoms with Gasteiger partial charge in [-0.25, -0.2) is 4.79 Å². The molecule has 154 valence electrons. The summed E-state index contributed by atoms with van der Waals surface area (Å²) in [7, 11) is 0. The number of carbonyl (C=O) groups is 3. The van der Waals surface area contributed by atoms with E-state index in [0.29, 0.717) is 10.7 Å². The van der Waals surface area contributed by atoms with Gasteiger partial charge >= 0.3 is 5.97 Å². The minimum atomic E-state index is -1.03. The number of carbonyl (C=O) groups excluding carboxylic acids is 3. The van der Waals surface area contributed by atoms with Crippen molar-refractivity contribution in [2.24, 2.45) is 5.92 Å². The molecule has 0 saturated heterocycles. The molecule has 0 aliphatic heterocycles. The molecule has 7 heteroatoms. The maximum atomic E-state index is 12.6. The highest BCUT2D eigenvalue weighted by Gasteiger charge is 2.29. The van der Waals surface area contributed by atoms with Crippen LogP contribution in [0.4, 0.5) is 5.69 Å². The number of nitrogens with one attached hydrogen (secondary N) is 2. The van der Waals surface area contributed by atoms with Gasteiger partial charge in [0.2, 0.25) is 5.91 Å².